The fourth-order valence-electron chi connectivity index (χ4n) is 4.48. The van der Waals surface area contributed by atoms with E-state index in [1.54, 1.807) is 9.80 Å². The Hall–Kier alpha value is -1.92. The van der Waals surface area contributed by atoms with Gasteiger partial charge in [0.2, 0.25) is 11.8 Å². The fraction of sp³-hybridized carbons (Fsp3) is 0.600. The molecule has 2 amide bonds. The number of aryl methyl sites for hydroxylation is 1. The molecule has 0 radical (unpaired) electrons. The first kappa shape index (κ1) is 17.5. The third-order valence-electron chi connectivity index (χ3n) is 6.00. The molecule has 6 heteroatoms. The molecule has 2 saturated heterocycles. The average Bonchev–Trinajstić information content (AvgIpc) is 2.60. The molecule has 3 fully saturated rings. The van der Waals surface area contributed by atoms with E-state index in [-0.39, 0.29) is 35.9 Å². The van der Waals surface area contributed by atoms with Gasteiger partial charge in [-0.15, -0.1) is 0 Å². The van der Waals surface area contributed by atoms with E-state index < -0.39 is 0 Å². The molecule has 1 saturated carbocycles. The fourth-order valence-corrected chi connectivity index (χ4v) is 4.48. The Morgan fingerprint density at radius 3 is 2.58 bits per heavy atom. The normalized spacial score (nSPS) is 31.8. The Labute approximate surface area is 154 Å². The van der Waals surface area contributed by atoms with Crippen molar-refractivity contribution in [2.75, 3.05) is 31.1 Å². The van der Waals surface area contributed by atoms with Crippen molar-refractivity contribution in [2.45, 2.75) is 44.2 Å². The lowest BCUT2D eigenvalue weighted by Gasteiger charge is -2.51. The van der Waals surface area contributed by atoms with Gasteiger partial charge in [0.1, 0.15) is 6.54 Å². The van der Waals surface area contributed by atoms with Crippen molar-refractivity contribution < 1.29 is 14.3 Å². The third kappa shape index (κ3) is 3.23. The second-order valence-corrected chi connectivity index (χ2v) is 8.03. The topological polar surface area (TPSA) is 75.9 Å². The maximum atomic E-state index is 12.8. The lowest BCUT2D eigenvalue weighted by molar-refractivity contribution is -0.176. The molecule has 2 aliphatic heterocycles. The standard InChI is InChI=1S/C20H27N3O3/c1-14-2-4-17(5-3-14)23-8-7-22(13-18(23)24)19(25)15-10-20(11-15)12-16(21)6-9-26-20/h2-5,15-16H,6-13,21H2,1H3. The molecule has 6 nitrogen and oxygen atoms in total. The summed E-state index contributed by atoms with van der Waals surface area (Å²) in [6, 6.07) is 8.11. The van der Waals surface area contributed by atoms with Crippen molar-refractivity contribution in [3.05, 3.63) is 29.8 Å². The maximum absolute atomic E-state index is 12.8. The Morgan fingerprint density at radius 1 is 1.19 bits per heavy atom. The number of amides is 2. The third-order valence-corrected chi connectivity index (χ3v) is 6.00. The van der Waals surface area contributed by atoms with Crippen LogP contribution in [0.25, 0.3) is 0 Å². The van der Waals surface area contributed by atoms with Crippen LogP contribution in [-0.2, 0) is 14.3 Å². The highest BCUT2D eigenvalue weighted by Gasteiger charge is 2.51. The number of hydrogen-bond acceptors (Lipinski definition) is 4. The molecule has 1 aliphatic carbocycles. The van der Waals surface area contributed by atoms with Gasteiger partial charge in [-0.2, -0.15) is 0 Å². The van der Waals surface area contributed by atoms with Crippen LogP contribution < -0.4 is 10.6 Å². The minimum atomic E-state index is -0.189. The number of carbonyl (C=O) groups is 2. The monoisotopic (exact) mass is 357 g/mol. The van der Waals surface area contributed by atoms with Crippen LogP contribution in [0.3, 0.4) is 0 Å². The van der Waals surface area contributed by atoms with Gasteiger partial charge in [0.25, 0.3) is 0 Å². The van der Waals surface area contributed by atoms with E-state index in [1.807, 2.05) is 31.2 Å². The summed E-state index contributed by atoms with van der Waals surface area (Å²) in [4.78, 5) is 28.8. The summed E-state index contributed by atoms with van der Waals surface area (Å²) in [7, 11) is 0. The molecular weight excluding hydrogens is 330 g/mol. The van der Waals surface area contributed by atoms with Crippen LogP contribution in [0.15, 0.2) is 24.3 Å². The molecule has 3 aliphatic rings. The molecule has 1 spiro atoms. The zero-order valence-corrected chi connectivity index (χ0v) is 15.3. The van der Waals surface area contributed by atoms with E-state index in [9.17, 15) is 9.59 Å². The van der Waals surface area contributed by atoms with Crippen LogP contribution in [0.4, 0.5) is 5.69 Å². The highest BCUT2D eigenvalue weighted by atomic mass is 16.5. The number of piperazine rings is 1. The van der Waals surface area contributed by atoms with Crippen molar-refractivity contribution in [1.29, 1.82) is 0 Å². The van der Waals surface area contributed by atoms with Crippen molar-refractivity contribution >= 4 is 17.5 Å². The van der Waals surface area contributed by atoms with Crippen LogP contribution in [0.5, 0.6) is 0 Å². The predicted octanol–water partition coefficient (Wildman–Crippen LogP) is 1.46. The molecule has 1 unspecified atom stereocenters. The summed E-state index contributed by atoms with van der Waals surface area (Å²) in [5.41, 5.74) is 7.94. The second kappa shape index (κ2) is 6.67. The van der Waals surface area contributed by atoms with Crippen LogP contribution in [-0.4, -0.2) is 54.6 Å². The molecule has 26 heavy (non-hydrogen) atoms. The van der Waals surface area contributed by atoms with E-state index in [0.717, 1.165) is 31.4 Å². The number of carbonyl (C=O) groups excluding carboxylic acids is 2. The number of ether oxygens (including phenoxy) is 1. The number of nitrogens with two attached hydrogens (primary N) is 1. The largest absolute Gasteiger partial charge is 0.375 e. The van der Waals surface area contributed by atoms with Gasteiger partial charge in [-0.25, -0.2) is 0 Å². The van der Waals surface area contributed by atoms with Crippen molar-refractivity contribution in [1.82, 2.24) is 4.90 Å². The summed E-state index contributed by atoms with van der Waals surface area (Å²) in [5, 5.41) is 0. The van der Waals surface area contributed by atoms with Gasteiger partial charge in [0.15, 0.2) is 0 Å². The van der Waals surface area contributed by atoms with E-state index >= 15 is 0 Å². The molecule has 140 valence electrons. The Kier molecular flexibility index (Phi) is 4.49. The highest BCUT2D eigenvalue weighted by molar-refractivity contribution is 5.98. The number of nitrogens with zero attached hydrogens (tertiary/aromatic N) is 2. The Bertz CT molecular complexity index is 697. The van der Waals surface area contributed by atoms with E-state index in [0.29, 0.717) is 19.7 Å². The predicted molar refractivity (Wildman–Crippen MR) is 98.7 cm³/mol. The van der Waals surface area contributed by atoms with Crippen LogP contribution in [0.2, 0.25) is 0 Å². The lowest BCUT2D eigenvalue weighted by Crippen LogP contribution is -2.59. The number of hydrogen-bond donors (Lipinski definition) is 1. The van der Waals surface area contributed by atoms with E-state index in [2.05, 4.69) is 0 Å². The number of benzene rings is 1. The summed E-state index contributed by atoms with van der Waals surface area (Å²) in [6.45, 7) is 4.01. The average molecular weight is 357 g/mol. The van der Waals surface area contributed by atoms with Gasteiger partial charge in [0, 0.05) is 37.3 Å². The van der Waals surface area contributed by atoms with Gasteiger partial charge in [-0.05, 0) is 44.7 Å². The first-order chi connectivity index (χ1) is 12.5. The molecule has 2 heterocycles. The zero-order valence-electron chi connectivity index (χ0n) is 15.3. The van der Waals surface area contributed by atoms with Gasteiger partial charge in [-0.1, -0.05) is 17.7 Å². The summed E-state index contributed by atoms with van der Waals surface area (Å²) in [5.74, 6) is 0.0488. The lowest BCUT2D eigenvalue weighted by atomic mass is 9.66. The molecule has 1 aromatic rings. The molecule has 0 bridgehead atoms. The molecular formula is C20H27N3O3. The van der Waals surface area contributed by atoms with Crippen molar-refractivity contribution in [3.63, 3.8) is 0 Å². The zero-order chi connectivity index (χ0) is 18.3. The van der Waals surface area contributed by atoms with E-state index in [1.165, 1.54) is 5.56 Å². The second-order valence-electron chi connectivity index (χ2n) is 8.03. The minimum absolute atomic E-state index is 0.0153. The molecule has 1 aromatic carbocycles. The van der Waals surface area contributed by atoms with Gasteiger partial charge >= 0.3 is 0 Å². The number of rotatable bonds is 2. The maximum Gasteiger partial charge on any atom is 0.246 e. The van der Waals surface area contributed by atoms with Crippen LogP contribution >= 0.6 is 0 Å². The van der Waals surface area contributed by atoms with Gasteiger partial charge < -0.3 is 20.3 Å². The smallest absolute Gasteiger partial charge is 0.246 e. The van der Waals surface area contributed by atoms with E-state index in [4.69, 9.17) is 10.5 Å². The summed E-state index contributed by atoms with van der Waals surface area (Å²) in [6.07, 6.45) is 3.23. The highest BCUT2D eigenvalue weighted by Crippen LogP contribution is 2.47. The molecule has 2 N–H and O–H groups in total. The minimum Gasteiger partial charge on any atom is -0.375 e. The molecule has 0 aromatic heterocycles. The van der Waals surface area contributed by atoms with Crippen LogP contribution in [0.1, 0.15) is 31.2 Å². The number of anilines is 1. The van der Waals surface area contributed by atoms with Crippen molar-refractivity contribution in [2.24, 2.45) is 11.7 Å². The first-order valence-corrected chi connectivity index (χ1v) is 9.51. The summed E-state index contributed by atoms with van der Waals surface area (Å²) < 4.78 is 5.92. The van der Waals surface area contributed by atoms with Crippen LogP contribution in [0, 0.1) is 12.8 Å². The Morgan fingerprint density at radius 2 is 1.92 bits per heavy atom. The van der Waals surface area contributed by atoms with Gasteiger partial charge in [0.05, 0.1) is 5.60 Å². The quantitative estimate of drug-likeness (QED) is 0.869. The van der Waals surface area contributed by atoms with Crippen molar-refractivity contribution in [3.8, 4) is 0 Å². The summed E-state index contributed by atoms with van der Waals surface area (Å²) >= 11 is 0. The first-order valence-electron chi connectivity index (χ1n) is 9.51. The Balaban J connectivity index is 1.33. The van der Waals surface area contributed by atoms with Gasteiger partial charge in [-0.3, -0.25) is 9.59 Å². The SMILES string of the molecule is Cc1ccc(N2CCN(C(=O)C3CC4(CC(N)CCO4)C3)CC2=O)cc1. The molecule has 1 atom stereocenters. The molecule has 4 rings (SSSR count).